The Labute approximate surface area is 238 Å². The Kier molecular flexibility index (Phi) is 6.55. The Morgan fingerprint density at radius 3 is 2.45 bits per heavy atom. The van der Waals surface area contributed by atoms with Crippen LogP contribution in [0.5, 0.6) is 0 Å². The molecule has 7 nitrogen and oxygen atoms in total. The summed E-state index contributed by atoms with van der Waals surface area (Å²) in [5, 5.41) is 13.3. The van der Waals surface area contributed by atoms with Gasteiger partial charge < -0.3 is 5.32 Å². The molecular formula is C28H17BrClF3N6O. The van der Waals surface area contributed by atoms with E-state index in [0.29, 0.717) is 26.1 Å². The molecule has 0 unspecified atom stereocenters. The maximum absolute atomic E-state index is 14.1. The van der Waals surface area contributed by atoms with Crippen molar-refractivity contribution < 1.29 is 18.0 Å². The molecule has 0 fully saturated rings. The van der Waals surface area contributed by atoms with Crippen molar-refractivity contribution in [1.82, 2.24) is 24.4 Å². The quantitative estimate of drug-likeness (QED) is 0.216. The van der Waals surface area contributed by atoms with Crippen molar-refractivity contribution >= 4 is 55.7 Å². The molecule has 200 valence electrons. The van der Waals surface area contributed by atoms with Crippen molar-refractivity contribution in [1.29, 1.82) is 0 Å². The molecule has 3 aromatic heterocycles. The first-order valence-electron chi connectivity index (χ1n) is 11.9. The number of anilines is 1. The zero-order valence-corrected chi connectivity index (χ0v) is 22.7. The first-order chi connectivity index (χ1) is 19.1. The van der Waals surface area contributed by atoms with E-state index in [9.17, 15) is 18.0 Å². The topological polar surface area (TPSA) is 77.1 Å². The third kappa shape index (κ3) is 5.17. The van der Waals surface area contributed by atoms with Crippen LogP contribution in [0.2, 0.25) is 5.02 Å². The zero-order valence-electron chi connectivity index (χ0n) is 20.3. The van der Waals surface area contributed by atoms with E-state index in [1.807, 2.05) is 42.5 Å². The molecule has 0 radical (unpaired) electrons. The highest BCUT2D eigenvalue weighted by molar-refractivity contribution is 9.10. The van der Waals surface area contributed by atoms with Crippen LogP contribution in [0.1, 0.15) is 21.7 Å². The number of amides is 1. The molecule has 12 heteroatoms. The number of nitrogens with one attached hydrogen (secondary N) is 1. The second-order valence-corrected chi connectivity index (χ2v) is 10.3. The van der Waals surface area contributed by atoms with E-state index in [1.54, 1.807) is 35.1 Å². The number of carbonyl (C=O) groups is 1. The van der Waals surface area contributed by atoms with Crippen molar-refractivity contribution in [2.24, 2.45) is 0 Å². The molecule has 3 aromatic carbocycles. The predicted octanol–water partition coefficient (Wildman–Crippen LogP) is 7.48. The summed E-state index contributed by atoms with van der Waals surface area (Å²) in [5.41, 5.74) is 0.150. The van der Waals surface area contributed by atoms with Gasteiger partial charge in [-0.1, -0.05) is 60.1 Å². The molecular weight excluding hydrogens is 609 g/mol. The molecule has 1 amide bonds. The van der Waals surface area contributed by atoms with E-state index in [2.05, 4.69) is 36.4 Å². The van der Waals surface area contributed by atoms with Crippen LogP contribution in [0.15, 0.2) is 89.5 Å². The number of hydrogen-bond acceptors (Lipinski definition) is 4. The van der Waals surface area contributed by atoms with Gasteiger partial charge in [0.2, 0.25) is 0 Å². The Morgan fingerprint density at radius 1 is 0.950 bits per heavy atom. The molecule has 6 aromatic rings. The fourth-order valence-electron chi connectivity index (χ4n) is 4.30. The van der Waals surface area contributed by atoms with Crippen molar-refractivity contribution in [3.63, 3.8) is 0 Å². The normalized spacial score (nSPS) is 11.8. The number of fused-ring (bicyclic) bond motifs is 2. The van der Waals surface area contributed by atoms with Gasteiger partial charge in [-0.15, -0.1) is 0 Å². The molecule has 1 N–H and O–H groups in total. The molecule has 0 bridgehead atoms. The molecule has 0 saturated heterocycles. The highest BCUT2D eigenvalue weighted by Crippen LogP contribution is 2.33. The third-order valence-electron chi connectivity index (χ3n) is 6.20. The predicted molar refractivity (Wildman–Crippen MR) is 149 cm³/mol. The molecule has 3 heterocycles. The highest BCUT2D eigenvalue weighted by Gasteiger charge is 2.35. The van der Waals surface area contributed by atoms with Gasteiger partial charge in [-0.25, -0.2) is 9.50 Å². The first-order valence-corrected chi connectivity index (χ1v) is 13.1. The fraction of sp³-hybridized carbons (Fsp3) is 0.0714. The van der Waals surface area contributed by atoms with Crippen LogP contribution in [-0.4, -0.2) is 30.3 Å². The van der Waals surface area contributed by atoms with Crippen LogP contribution in [0.25, 0.3) is 27.7 Å². The minimum atomic E-state index is -4.74. The van der Waals surface area contributed by atoms with Crippen molar-refractivity contribution in [2.45, 2.75) is 12.7 Å². The van der Waals surface area contributed by atoms with Gasteiger partial charge in [-0.05, 0) is 56.5 Å². The number of carbonyl (C=O) groups excluding carboxylic acids is 1. The van der Waals surface area contributed by atoms with E-state index in [0.717, 1.165) is 22.4 Å². The van der Waals surface area contributed by atoms with E-state index in [-0.39, 0.29) is 22.9 Å². The summed E-state index contributed by atoms with van der Waals surface area (Å²) in [6.07, 6.45) is -3.07. The Hall–Kier alpha value is -4.22. The largest absolute Gasteiger partial charge is 0.433 e. The summed E-state index contributed by atoms with van der Waals surface area (Å²) < 4.78 is 44.9. The molecule has 0 atom stereocenters. The molecule has 40 heavy (non-hydrogen) atoms. The zero-order chi connectivity index (χ0) is 28.0. The van der Waals surface area contributed by atoms with Gasteiger partial charge in [-0.2, -0.15) is 23.4 Å². The van der Waals surface area contributed by atoms with Crippen LogP contribution < -0.4 is 5.32 Å². The number of rotatable bonds is 5. The number of alkyl halides is 3. The van der Waals surface area contributed by atoms with Gasteiger partial charge >= 0.3 is 6.18 Å². The number of halogens is 5. The van der Waals surface area contributed by atoms with E-state index < -0.39 is 17.8 Å². The van der Waals surface area contributed by atoms with E-state index in [4.69, 9.17) is 11.6 Å². The van der Waals surface area contributed by atoms with Crippen LogP contribution in [-0.2, 0) is 12.7 Å². The minimum Gasteiger partial charge on any atom is -0.303 e. The molecule has 0 aliphatic heterocycles. The van der Waals surface area contributed by atoms with Crippen LogP contribution in [0.4, 0.5) is 19.0 Å². The van der Waals surface area contributed by atoms with E-state index in [1.165, 1.54) is 6.07 Å². The number of benzene rings is 3. The lowest BCUT2D eigenvalue weighted by atomic mass is 10.0. The van der Waals surface area contributed by atoms with Crippen molar-refractivity contribution in [3.05, 3.63) is 112 Å². The van der Waals surface area contributed by atoms with Gasteiger partial charge in [0.05, 0.1) is 16.7 Å². The lowest BCUT2D eigenvalue weighted by molar-refractivity contribution is -0.142. The summed E-state index contributed by atoms with van der Waals surface area (Å²) in [6.45, 7) is 0.413. The van der Waals surface area contributed by atoms with Crippen LogP contribution in [0, 0.1) is 0 Å². The van der Waals surface area contributed by atoms with Gasteiger partial charge in [0, 0.05) is 22.8 Å². The van der Waals surface area contributed by atoms with Gasteiger partial charge in [0.25, 0.3) is 5.91 Å². The maximum atomic E-state index is 14.1. The Morgan fingerprint density at radius 2 is 1.70 bits per heavy atom. The minimum absolute atomic E-state index is 0.112. The second kappa shape index (κ2) is 10.1. The van der Waals surface area contributed by atoms with Gasteiger partial charge in [0.1, 0.15) is 0 Å². The molecule has 0 aliphatic carbocycles. The summed E-state index contributed by atoms with van der Waals surface area (Å²) in [6, 6.07) is 22.2. The molecule has 6 rings (SSSR count). The van der Waals surface area contributed by atoms with Gasteiger partial charge in [0.15, 0.2) is 22.9 Å². The summed E-state index contributed by atoms with van der Waals surface area (Å²) >= 11 is 9.29. The lowest BCUT2D eigenvalue weighted by Crippen LogP contribution is -2.16. The monoisotopic (exact) mass is 624 g/mol. The number of hydrogen-bond donors (Lipinski definition) is 1. The summed E-state index contributed by atoms with van der Waals surface area (Å²) in [5.74, 6) is -0.541. The lowest BCUT2D eigenvalue weighted by Gasteiger charge is -2.11. The molecule has 0 saturated carbocycles. The maximum Gasteiger partial charge on any atom is 0.433 e. The molecule has 0 spiro atoms. The average molecular weight is 626 g/mol. The van der Waals surface area contributed by atoms with E-state index >= 15 is 0 Å². The standard InChI is InChI=1S/C28H17BrClF3N6O/c29-21-15-38(14-16-5-9-20(30)10-6-16)37-26(21)35-27(40)23-13-25-34-22(12-24(28(31,32)33)39(25)36-23)19-8-7-17-3-1-2-4-18(17)11-19/h1-13,15H,14H2,(H,35,37,40). The smallest absolute Gasteiger partial charge is 0.303 e. The van der Waals surface area contributed by atoms with Crippen LogP contribution in [0.3, 0.4) is 0 Å². The molecule has 0 aliphatic rings. The second-order valence-electron chi connectivity index (χ2n) is 8.99. The summed E-state index contributed by atoms with van der Waals surface area (Å²) in [4.78, 5) is 17.4. The fourth-order valence-corrected chi connectivity index (χ4v) is 4.84. The van der Waals surface area contributed by atoms with Crippen molar-refractivity contribution in [2.75, 3.05) is 5.32 Å². The average Bonchev–Trinajstić information content (AvgIpc) is 3.51. The summed E-state index contributed by atoms with van der Waals surface area (Å²) in [7, 11) is 0. The highest BCUT2D eigenvalue weighted by atomic mass is 79.9. The van der Waals surface area contributed by atoms with Crippen molar-refractivity contribution in [3.8, 4) is 11.3 Å². The number of nitrogens with zero attached hydrogens (tertiary/aromatic N) is 5. The van der Waals surface area contributed by atoms with Crippen LogP contribution >= 0.6 is 27.5 Å². The van der Waals surface area contributed by atoms with Gasteiger partial charge in [-0.3, -0.25) is 9.48 Å². The third-order valence-corrected chi connectivity index (χ3v) is 7.03. The Balaban J connectivity index is 1.32. The first kappa shape index (κ1) is 26.0. The Bertz CT molecular complexity index is 1900. The SMILES string of the molecule is O=C(Nc1nn(Cc2ccc(Cl)cc2)cc1Br)c1cc2nc(-c3ccc4ccccc4c3)cc(C(F)(F)F)n2n1. The number of aromatic nitrogens is 5.